The molecule has 1 amide bonds. The lowest BCUT2D eigenvalue weighted by molar-refractivity contribution is -0.147. The average Bonchev–Trinajstić information content (AvgIpc) is 2.64. The molecule has 3 rings (SSSR count). The molecule has 2 atom stereocenters. The average molecular weight is 338 g/mol. The number of para-hydroxylation sites is 1. The smallest absolute Gasteiger partial charge is 0.307 e. The van der Waals surface area contributed by atoms with Gasteiger partial charge >= 0.3 is 5.97 Å². The molecule has 5 nitrogen and oxygen atoms in total. The number of rotatable bonds is 5. The van der Waals surface area contributed by atoms with Crippen LogP contribution in [-0.2, 0) is 9.59 Å². The summed E-state index contributed by atoms with van der Waals surface area (Å²) in [4.78, 5) is 23.8. The highest BCUT2D eigenvalue weighted by Gasteiger charge is 2.35. The van der Waals surface area contributed by atoms with E-state index in [-0.39, 0.29) is 5.91 Å². The molecule has 1 aliphatic carbocycles. The normalized spacial score (nSPS) is 19.8. The second-order valence-electron chi connectivity index (χ2n) is 6.39. The van der Waals surface area contributed by atoms with Gasteiger partial charge in [0.1, 0.15) is 0 Å². The van der Waals surface area contributed by atoms with E-state index in [1.807, 2.05) is 54.6 Å². The van der Waals surface area contributed by atoms with E-state index in [9.17, 15) is 14.7 Å². The highest BCUT2D eigenvalue weighted by atomic mass is 16.4. The van der Waals surface area contributed by atoms with Crippen LogP contribution in [0, 0.1) is 11.8 Å². The largest absolute Gasteiger partial charge is 0.481 e. The Hall–Kier alpha value is -2.82. The summed E-state index contributed by atoms with van der Waals surface area (Å²) in [6.07, 6.45) is 2.99. The predicted octanol–water partition coefficient (Wildman–Crippen LogP) is 4.26. The minimum absolute atomic E-state index is 0.198. The highest BCUT2D eigenvalue weighted by molar-refractivity contribution is 5.95. The van der Waals surface area contributed by atoms with Gasteiger partial charge in [-0.15, -0.1) is 0 Å². The molecule has 2 aromatic rings. The molecular formula is C20H22N2O3. The van der Waals surface area contributed by atoms with Crippen LogP contribution in [0.1, 0.15) is 25.7 Å². The molecule has 0 unspecified atom stereocenters. The summed E-state index contributed by atoms with van der Waals surface area (Å²) in [5, 5.41) is 15.4. The fraction of sp³-hybridized carbons (Fsp3) is 0.300. The molecular weight excluding hydrogens is 316 g/mol. The van der Waals surface area contributed by atoms with Gasteiger partial charge in [0.15, 0.2) is 0 Å². The Morgan fingerprint density at radius 1 is 0.800 bits per heavy atom. The summed E-state index contributed by atoms with van der Waals surface area (Å²) in [7, 11) is 0. The molecule has 0 spiro atoms. The molecule has 0 aliphatic heterocycles. The zero-order valence-corrected chi connectivity index (χ0v) is 13.9. The second kappa shape index (κ2) is 7.83. The number of benzene rings is 2. The monoisotopic (exact) mass is 338 g/mol. The number of amides is 1. The van der Waals surface area contributed by atoms with Crippen molar-refractivity contribution in [2.75, 3.05) is 10.6 Å². The third-order valence-corrected chi connectivity index (χ3v) is 4.63. The Morgan fingerprint density at radius 2 is 1.36 bits per heavy atom. The number of aliphatic carboxylic acids is 1. The first-order chi connectivity index (χ1) is 12.1. The van der Waals surface area contributed by atoms with Gasteiger partial charge in [-0.2, -0.15) is 0 Å². The summed E-state index contributed by atoms with van der Waals surface area (Å²) in [6, 6.07) is 17.2. The van der Waals surface area contributed by atoms with Crippen LogP contribution in [0.2, 0.25) is 0 Å². The summed E-state index contributed by atoms with van der Waals surface area (Å²) < 4.78 is 0. The van der Waals surface area contributed by atoms with Crippen molar-refractivity contribution < 1.29 is 14.7 Å². The first kappa shape index (κ1) is 17.0. The minimum Gasteiger partial charge on any atom is -0.481 e. The second-order valence-corrected chi connectivity index (χ2v) is 6.39. The topological polar surface area (TPSA) is 78.4 Å². The molecule has 0 bridgehead atoms. The molecule has 130 valence electrons. The molecule has 0 saturated heterocycles. The third kappa shape index (κ3) is 4.38. The molecule has 25 heavy (non-hydrogen) atoms. The van der Waals surface area contributed by atoms with Crippen LogP contribution in [0.25, 0.3) is 0 Å². The van der Waals surface area contributed by atoms with Crippen LogP contribution in [-0.4, -0.2) is 17.0 Å². The molecule has 0 heterocycles. The minimum atomic E-state index is -0.873. The van der Waals surface area contributed by atoms with Crippen molar-refractivity contribution in [3.63, 3.8) is 0 Å². The number of anilines is 3. The van der Waals surface area contributed by atoms with Crippen LogP contribution in [0.3, 0.4) is 0 Å². The number of carboxylic acid groups (broad SMARTS) is 1. The Balaban J connectivity index is 1.62. The first-order valence-electron chi connectivity index (χ1n) is 8.59. The van der Waals surface area contributed by atoms with Crippen molar-refractivity contribution in [3.8, 4) is 0 Å². The van der Waals surface area contributed by atoms with E-state index < -0.39 is 17.8 Å². The number of carboxylic acids is 1. The predicted molar refractivity (Wildman–Crippen MR) is 97.9 cm³/mol. The van der Waals surface area contributed by atoms with Gasteiger partial charge in [-0.25, -0.2) is 0 Å². The molecule has 3 N–H and O–H groups in total. The number of carbonyl (C=O) groups excluding carboxylic acids is 1. The van der Waals surface area contributed by atoms with Crippen molar-refractivity contribution in [1.82, 2.24) is 0 Å². The van der Waals surface area contributed by atoms with Crippen molar-refractivity contribution in [2.24, 2.45) is 11.8 Å². The van der Waals surface area contributed by atoms with Gasteiger partial charge in [-0.1, -0.05) is 31.0 Å². The van der Waals surface area contributed by atoms with E-state index in [0.29, 0.717) is 18.5 Å². The SMILES string of the molecule is O=C(Nc1ccc(Nc2ccccc2)cc1)[C@H]1CCCC[C@H]1C(=O)O. The first-order valence-corrected chi connectivity index (χ1v) is 8.59. The lowest BCUT2D eigenvalue weighted by atomic mass is 9.78. The van der Waals surface area contributed by atoms with Gasteiger partial charge < -0.3 is 15.7 Å². The quantitative estimate of drug-likeness (QED) is 0.761. The van der Waals surface area contributed by atoms with Gasteiger partial charge in [0.25, 0.3) is 0 Å². The zero-order valence-electron chi connectivity index (χ0n) is 13.9. The number of carbonyl (C=O) groups is 2. The van der Waals surface area contributed by atoms with Crippen LogP contribution in [0.15, 0.2) is 54.6 Å². The van der Waals surface area contributed by atoms with Crippen molar-refractivity contribution in [1.29, 1.82) is 0 Å². The maximum absolute atomic E-state index is 12.5. The molecule has 1 aliphatic rings. The lowest BCUT2D eigenvalue weighted by Crippen LogP contribution is -2.36. The molecule has 2 aromatic carbocycles. The third-order valence-electron chi connectivity index (χ3n) is 4.63. The van der Waals surface area contributed by atoms with E-state index in [2.05, 4.69) is 10.6 Å². The Labute approximate surface area is 147 Å². The van der Waals surface area contributed by atoms with Crippen LogP contribution >= 0.6 is 0 Å². The van der Waals surface area contributed by atoms with E-state index in [1.165, 1.54) is 0 Å². The summed E-state index contributed by atoms with van der Waals surface area (Å²) in [5.74, 6) is -2.10. The van der Waals surface area contributed by atoms with Gasteiger partial charge in [0, 0.05) is 17.1 Å². The van der Waals surface area contributed by atoms with Crippen LogP contribution in [0.5, 0.6) is 0 Å². The number of nitrogens with one attached hydrogen (secondary N) is 2. The summed E-state index contributed by atoms with van der Waals surface area (Å²) >= 11 is 0. The molecule has 0 radical (unpaired) electrons. The Morgan fingerprint density at radius 3 is 2.00 bits per heavy atom. The van der Waals surface area contributed by atoms with Crippen molar-refractivity contribution in [2.45, 2.75) is 25.7 Å². The Kier molecular flexibility index (Phi) is 5.33. The fourth-order valence-electron chi connectivity index (χ4n) is 3.30. The van der Waals surface area contributed by atoms with E-state index >= 15 is 0 Å². The standard InChI is InChI=1S/C20H22N2O3/c23-19(17-8-4-5-9-18(17)20(24)25)22-16-12-10-15(11-13-16)21-14-6-2-1-3-7-14/h1-3,6-7,10-13,17-18,21H,4-5,8-9H2,(H,22,23)(H,24,25)/t17-,18+/m0/s1. The van der Waals surface area contributed by atoms with Gasteiger partial charge in [0.2, 0.25) is 5.91 Å². The van der Waals surface area contributed by atoms with Gasteiger partial charge in [-0.05, 0) is 49.2 Å². The van der Waals surface area contributed by atoms with E-state index in [0.717, 1.165) is 24.2 Å². The molecule has 1 fully saturated rings. The highest BCUT2D eigenvalue weighted by Crippen LogP contribution is 2.31. The van der Waals surface area contributed by atoms with Crippen molar-refractivity contribution >= 4 is 28.9 Å². The Bertz CT molecular complexity index is 728. The maximum atomic E-state index is 12.5. The van der Waals surface area contributed by atoms with Crippen molar-refractivity contribution in [3.05, 3.63) is 54.6 Å². The fourth-order valence-corrected chi connectivity index (χ4v) is 3.30. The van der Waals surface area contributed by atoms with E-state index in [1.54, 1.807) is 0 Å². The van der Waals surface area contributed by atoms with Gasteiger partial charge in [0.05, 0.1) is 11.8 Å². The molecule has 0 aromatic heterocycles. The lowest BCUT2D eigenvalue weighted by Gasteiger charge is -2.27. The van der Waals surface area contributed by atoms with Crippen LogP contribution < -0.4 is 10.6 Å². The summed E-state index contributed by atoms with van der Waals surface area (Å²) in [5.41, 5.74) is 2.59. The number of hydrogen-bond acceptors (Lipinski definition) is 3. The number of hydrogen-bond donors (Lipinski definition) is 3. The maximum Gasteiger partial charge on any atom is 0.307 e. The van der Waals surface area contributed by atoms with Gasteiger partial charge in [-0.3, -0.25) is 9.59 Å². The molecule has 5 heteroatoms. The zero-order chi connectivity index (χ0) is 17.6. The summed E-state index contributed by atoms with van der Waals surface area (Å²) in [6.45, 7) is 0. The van der Waals surface area contributed by atoms with E-state index in [4.69, 9.17) is 0 Å². The molecule has 1 saturated carbocycles. The van der Waals surface area contributed by atoms with Crippen LogP contribution in [0.4, 0.5) is 17.1 Å².